The Hall–Kier alpha value is -0.800. The van der Waals surface area contributed by atoms with Gasteiger partial charge in [-0.25, -0.2) is 0 Å². The van der Waals surface area contributed by atoms with Crippen LogP contribution in [0.1, 0.15) is 25.5 Å². The molecule has 1 aliphatic heterocycles. The number of nitrogens with zero attached hydrogens (tertiary/aromatic N) is 1. The van der Waals surface area contributed by atoms with Crippen LogP contribution in [0.5, 0.6) is 0 Å². The SMILES string of the molecule is CCSC(=O)[C@H]1CN1[C@@H](C)c1ccccc1. The number of hydrogen-bond donors (Lipinski definition) is 0. The summed E-state index contributed by atoms with van der Waals surface area (Å²) in [6.07, 6.45) is 0. The van der Waals surface area contributed by atoms with E-state index in [0.717, 1.165) is 12.3 Å². The van der Waals surface area contributed by atoms with Crippen LogP contribution in [-0.4, -0.2) is 28.4 Å². The van der Waals surface area contributed by atoms with E-state index in [4.69, 9.17) is 0 Å². The fourth-order valence-electron chi connectivity index (χ4n) is 1.95. The van der Waals surface area contributed by atoms with Crippen molar-refractivity contribution in [3.8, 4) is 0 Å². The molecular formula is C13H17NOS. The van der Waals surface area contributed by atoms with E-state index >= 15 is 0 Å². The van der Waals surface area contributed by atoms with Crippen molar-refractivity contribution in [3.05, 3.63) is 35.9 Å². The minimum atomic E-state index is 0.153. The molecule has 0 saturated carbocycles. The van der Waals surface area contributed by atoms with E-state index in [-0.39, 0.29) is 6.04 Å². The fraction of sp³-hybridized carbons (Fsp3) is 0.462. The highest BCUT2D eigenvalue weighted by Gasteiger charge is 2.43. The van der Waals surface area contributed by atoms with Gasteiger partial charge < -0.3 is 0 Å². The van der Waals surface area contributed by atoms with Crippen molar-refractivity contribution in [1.29, 1.82) is 0 Å². The summed E-state index contributed by atoms with van der Waals surface area (Å²) in [6.45, 7) is 5.11. The Morgan fingerprint density at radius 2 is 2.19 bits per heavy atom. The van der Waals surface area contributed by atoms with Crippen molar-refractivity contribution in [1.82, 2.24) is 4.90 Å². The van der Waals surface area contributed by atoms with Crippen LogP contribution >= 0.6 is 11.8 Å². The van der Waals surface area contributed by atoms with Gasteiger partial charge in [0.05, 0.1) is 6.04 Å². The first kappa shape index (κ1) is 11.7. The zero-order valence-corrected chi connectivity index (χ0v) is 10.5. The highest BCUT2D eigenvalue weighted by atomic mass is 32.2. The minimum Gasteiger partial charge on any atom is -0.285 e. The molecule has 0 spiro atoms. The summed E-state index contributed by atoms with van der Waals surface area (Å²) in [5.41, 5.74) is 1.29. The predicted octanol–water partition coefficient (Wildman–Crippen LogP) is 2.71. The molecule has 1 aliphatic rings. The van der Waals surface area contributed by atoms with Crippen LogP contribution in [0.2, 0.25) is 0 Å². The number of benzene rings is 1. The van der Waals surface area contributed by atoms with Crippen LogP contribution < -0.4 is 0 Å². The largest absolute Gasteiger partial charge is 0.285 e. The molecule has 0 amide bonds. The Bertz CT molecular complexity index is 365. The molecule has 16 heavy (non-hydrogen) atoms. The average molecular weight is 235 g/mol. The number of hydrogen-bond acceptors (Lipinski definition) is 3. The second-order valence-corrected chi connectivity index (χ2v) is 5.32. The molecule has 86 valence electrons. The summed E-state index contributed by atoms with van der Waals surface area (Å²) < 4.78 is 0. The van der Waals surface area contributed by atoms with E-state index < -0.39 is 0 Å². The van der Waals surface area contributed by atoms with Gasteiger partial charge in [0.15, 0.2) is 0 Å². The molecule has 3 atom stereocenters. The Labute approximate surface area is 101 Å². The van der Waals surface area contributed by atoms with Gasteiger partial charge in [0, 0.05) is 12.6 Å². The molecule has 1 aromatic carbocycles. The topological polar surface area (TPSA) is 20.1 Å². The zero-order chi connectivity index (χ0) is 11.5. The second kappa shape index (κ2) is 5.02. The third kappa shape index (κ3) is 2.47. The third-order valence-electron chi connectivity index (χ3n) is 2.99. The zero-order valence-electron chi connectivity index (χ0n) is 9.72. The first-order chi connectivity index (χ1) is 7.74. The summed E-state index contributed by atoms with van der Waals surface area (Å²) in [6, 6.07) is 10.9. The first-order valence-corrected chi connectivity index (χ1v) is 6.70. The molecule has 0 aromatic heterocycles. The molecule has 0 aliphatic carbocycles. The Morgan fingerprint density at radius 1 is 1.50 bits per heavy atom. The van der Waals surface area contributed by atoms with Crippen LogP contribution in [0.3, 0.4) is 0 Å². The monoisotopic (exact) mass is 235 g/mol. The van der Waals surface area contributed by atoms with Gasteiger partial charge >= 0.3 is 0 Å². The summed E-state index contributed by atoms with van der Waals surface area (Å²) in [4.78, 5) is 13.9. The molecule has 1 aromatic rings. The Kier molecular flexibility index (Phi) is 3.66. The summed E-state index contributed by atoms with van der Waals surface area (Å²) in [7, 11) is 0. The number of rotatable bonds is 4. The van der Waals surface area contributed by atoms with E-state index in [1.165, 1.54) is 17.3 Å². The lowest BCUT2D eigenvalue weighted by molar-refractivity contribution is -0.111. The first-order valence-electron chi connectivity index (χ1n) is 5.71. The highest BCUT2D eigenvalue weighted by Crippen LogP contribution is 2.34. The van der Waals surface area contributed by atoms with E-state index in [9.17, 15) is 4.79 Å². The summed E-state index contributed by atoms with van der Waals surface area (Å²) >= 11 is 1.44. The third-order valence-corrected chi connectivity index (χ3v) is 3.83. The quantitative estimate of drug-likeness (QED) is 0.748. The standard InChI is InChI=1S/C13H17NOS/c1-3-16-13(15)12-9-14(12)10(2)11-7-5-4-6-8-11/h4-8,10,12H,3,9H2,1-2H3/t10-,12+,14?/m0/s1. The number of thioether (sulfide) groups is 1. The van der Waals surface area contributed by atoms with Crippen LogP contribution in [0.4, 0.5) is 0 Å². The molecule has 0 N–H and O–H groups in total. The lowest BCUT2D eigenvalue weighted by Gasteiger charge is -2.13. The van der Waals surface area contributed by atoms with Crippen molar-refractivity contribution in [2.45, 2.75) is 25.9 Å². The van der Waals surface area contributed by atoms with Gasteiger partial charge in [-0.2, -0.15) is 0 Å². The van der Waals surface area contributed by atoms with Crippen LogP contribution in [-0.2, 0) is 4.79 Å². The number of carbonyl (C=O) groups is 1. The fourth-order valence-corrected chi connectivity index (χ4v) is 2.64. The maximum absolute atomic E-state index is 11.7. The summed E-state index contributed by atoms with van der Waals surface area (Å²) in [5.74, 6) is 0.878. The van der Waals surface area contributed by atoms with E-state index in [1.54, 1.807) is 0 Å². The van der Waals surface area contributed by atoms with E-state index in [0.29, 0.717) is 11.2 Å². The van der Waals surface area contributed by atoms with Gasteiger partial charge in [-0.3, -0.25) is 9.69 Å². The molecule has 1 unspecified atom stereocenters. The van der Waals surface area contributed by atoms with Gasteiger partial charge in [0.1, 0.15) is 0 Å². The minimum absolute atomic E-state index is 0.153. The predicted molar refractivity (Wildman–Crippen MR) is 68.5 cm³/mol. The van der Waals surface area contributed by atoms with Gasteiger partial charge in [0.2, 0.25) is 5.12 Å². The van der Waals surface area contributed by atoms with Crippen LogP contribution in [0.25, 0.3) is 0 Å². The molecule has 1 heterocycles. The smallest absolute Gasteiger partial charge is 0.207 e. The molecule has 0 bridgehead atoms. The van der Waals surface area contributed by atoms with Crippen LogP contribution in [0.15, 0.2) is 30.3 Å². The Morgan fingerprint density at radius 3 is 2.81 bits per heavy atom. The highest BCUT2D eigenvalue weighted by molar-refractivity contribution is 8.13. The average Bonchev–Trinajstić information content (AvgIpc) is 3.09. The molecule has 3 heteroatoms. The number of carbonyl (C=O) groups excluding carboxylic acids is 1. The maximum Gasteiger partial charge on any atom is 0.207 e. The normalized spacial score (nSPS) is 25.1. The molecular weight excluding hydrogens is 218 g/mol. The van der Waals surface area contributed by atoms with Crippen molar-refractivity contribution < 1.29 is 4.79 Å². The van der Waals surface area contributed by atoms with Crippen molar-refractivity contribution in [3.63, 3.8) is 0 Å². The summed E-state index contributed by atoms with van der Waals surface area (Å²) in [5, 5.41) is 0.324. The molecule has 0 radical (unpaired) electrons. The lowest BCUT2D eigenvalue weighted by Crippen LogP contribution is -2.13. The lowest BCUT2D eigenvalue weighted by atomic mass is 10.1. The van der Waals surface area contributed by atoms with Gasteiger partial charge in [-0.1, -0.05) is 49.0 Å². The van der Waals surface area contributed by atoms with Crippen molar-refractivity contribution >= 4 is 16.9 Å². The van der Waals surface area contributed by atoms with Crippen molar-refractivity contribution in [2.24, 2.45) is 0 Å². The second-order valence-electron chi connectivity index (χ2n) is 4.05. The van der Waals surface area contributed by atoms with Crippen LogP contribution in [0, 0.1) is 0 Å². The van der Waals surface area contributed by atoms with Gasteiger partial charge in [-0.15, -0.1) is 0 Å². The van der Waals surface area contributed by atoms with E-state index in [1.807, 2.05) is 25.1 Å². The molecule has 2 rings (SSSR count). The maximum atomic E-state index is 11.7. The van der Waals surface area contributed by atoms with Gasteiger partial charge in [-0.05, 0) is 18.2 Å². The molecule has 1 fully saturated rings. The van der Waals surface area contributed by atoms with E-state index in [2.05, 4.69) is 24.0 Å². The van der Waals surface area contributed by atoms with Crippen molar-refractivity contribution in [2.75, 3.05) is 12.3 Å². The Balaban J connectivity index is 1.94. The van der Waals surface area contributed by atoms with Gasteiger partial charge in [0.25, 0.3) is 0 Å². The molecule has 2 nitrogen and oxygen atoms in total. The molecule has 1 saturated heterocycles.